The van der Waals surface area contributed by atoms with Gasteiger partial charge in [-0.1, -0.05) is 29.7 Å². The number of aromatic nitrogens is 1. The van der Waals surface area contributed by atoms with Gasteiger partial charge in [-0.25, -0.2) is 4.79 Å². The van der Waals surface area contributed by atoms with Crippen LogP contribution < -0.4 is 10.3 Å². The molecule has 6 nitrogen and oxygen atoms in total. The van der Waals surface area contributed by atoms with Gasteiger partial charge in [0.2, 0.25) is 6.29 Å². The summed E-state index contributed by atoms with van der Waals surface area (Å²) in [5.74, 6) is -0.171. The Hall–Kier alpha value is -2.64. The topological polar surface area (TPSA) is 77.8 Å². The zero-order valence-corrected chi connectivity index (χ0v) is 13.7. The van der Waals surface area contributed by atoms with E-state index in [0.717, 1.165) is 4.70 Å². The smallest absolute Gasteiger partial charge is 0.340 e. The molecule has 0 bridgehead atoms. The first-order valence-corrected chi connectivity index (χ1v) is 7.98. The number of ether oxygens (including phenoxy) is 2. The number of nitrogens with zero attached hydrogens (tertiary/aromatic N) is 1. The van der Waals surface area contributed by atoms with Gasteiger partial charge in [0.1, 0.15) is 5.75 Å². The van der Waals surface area contributed by atoms with Crippen molar-refractivity contribution in [2.45, 2.75) is 12.8 Å². The summed E-state index contributed by atoms with van der Waals surface area (Å²) >= 11 is 1.21. The summed E-state index contributed by atoms with van der Waals surface area (Å²) in [4.78, 5) is 24.3. The van der Waals surface area contributed by atoms with Crippen LogP contribution in [0.2, 0.25) is 0 Å². The highest BCUT2D eigenvalue weighted by Crippen LogP contribution is 2.17. The van der Waals surface area contributed by atoms with E-state index >= 15 is 0 Å². The van der Waals surface area contributed by atoms with Crippen molar-refractivity contribution in [3.63, 3.8) is 0 Å². The number of fused-ring (bicyclic) bond motifs is 1. The maximum absolute atomic E-state index is 12.2. The summed E-state index contributed by atoms with van der Waals surface area (Å²) in [6, 6.07) is 13.6. The number of rotatable bonds is 5. The molecule has 0 aliphatic carbocycles. The molecule has 3 rings (SSSR count). The molecule has 124 valence electrons. The molecule has 0 aliphatic heterocycles. The molecule has 0 spiro atoms. The van der Waals surface area contributed by atoms with Gasteiger partial charge in [0.15, 0.2) is 0 Å². The summed E-state index contributed by atoms with van der Waals surface area (Å²) in [5, 5.41) is 10.6. The normalized spacial score (nSPS) is 12.1. The first kappa shape index (κ1) is 16.2. The summed E-state index contributed by atoms with van der Waals surface area (Å²) in [6.07, 6.45) is -1.42. The lowest BCUT2D eigenvalue weighted by Crippen LogP contribution is -2.26. The van der Waals surface area contributed by atoms with E-state index < -0.39 is 12.3 Å². The third-order valence-electron chi connectivity index (χ3n) is 3.42. The van der Waals surface area contributed by atoms with Gasteiger partial charge in [0.05, 0.1) is 29.3 Å². The van der Waals surface area contributed by atoms with Crippen LogP contribution in [0.25, 0.3) is 10.1 Å². The predicted molar refractivity (Wildman–Crippen MR) is 90.5 cm³/mol. The zero-order chi connectivity index (χ0) is 17.1. The van der Waals surface area contributed by atoms with Crippen LogP contribution in [-0.4, -0.2) is 28.4 Å². The van der Waals surface area contributed by atoms with E-state index in [4.69, 9.17) is 9.47 Å². The number of aliphatic hydroxyl groups is 1. The Labute approximate surface area is 141 Å². The van der Waals surface area contributed by atoms with Crippen LogP contribution in [0.1, 0.15) is 10.4 Å². The van der Waals surface area contributed by atoms with Crippen LogP contribution in [0, 0.1) is 0 Å². The Bertz CT molecular complexity index is 930. The van der Waals surface area contributed by atoms with Crippen LogP contribution in [-0.2, 0) is 11.3 Å². The molecule has 3 aromatic rings. The Balaban J connectivity index is 1.72. The molecule has 1 N–H and O–H groups in total. The number of esters is 1. The minimum atomic E-state index is -1.42. The molecule has 0 saturated carbocycles. The first-order chi connectivity index (χ1) is 11.6. The Morgan fingerprint density at radius 2 is 2.04 bits per heavy atom. The van der Waals surface area contributed by atoms with Crippen molar-refractivity contribution < 1.29 is 19.4 Å². The molecule has 2 aromatic carbocycles. The van der Waals surface area contributed by atoms with Gasteiger partial charge in [-0.2, -0.15) is 0 Å². The second-order valence-electron chi connectivity index (χ2n) is 5.05. The van der Waals surface area contributed by atoms with Gasteiger partial charge >= 0.3 is 5.97 Å². The van der Waals surface area contributed by atoms with Gasteiger partial charge < -0.3 is 14.6 Å². The number of methoxy groups -OCH3 is 1. The van der Waals surface area contributed by atoms with Crippen LogP contribution in [0.5, 0.6) is 5.75 Å². The van der Waals surface area contributed by atoms with Gasteiger partial charge in [0, 0.05) is 0 Å². The van der Waals surface area contributed by atoms with E-state index in [1.165, 1.54) is 28.7 Å². The van der Waals surface area contributed by atoms with Crippen molar-refractivity contribution in [3.05, 3.63) is 64.4 Å². The molecule has 0 amide bonds. The van der Waals surface area contributed by atoms with Crippen molar-refractivity contribution >= 4 is 27.6 Å². The van der Waals surface area contributed by atoms with Gasteiger partial charge in [-0.05, 0) is 30.3 Å². The zero-order valence-electron chi connectivity index (χ0n) is 12.8. The number of carbonyl (C=O) groups excluding carboxylic acids is 1. The number of hydrogen-bond donors (Lipinski definition) is 1. The molecule has 7 heteroatoms. The molecule has 0 saturated heterocycles. The monoisotopic (exact) mass is 345 g/mol. The molecule has 1 aromatic heterocycles. The molecule has 0 radical (unpaired) electrons. The third-order valence-corrected chi connectivity index (χ3v) is 4.51. The van der Waals surface area contributed by atoms with Gasteiger partial charge in [-0.3, -0.25) is 8.75 Å². The van der Waals surface area contributed by atoms with Crippen LogP contribution >= 0.6 is 11.5 Å². The average Bonchev–Trinajstić information content (AvgIpc) is 2.91. The molecule has 1 heterocycles. The quantitative estimate of drug-likeness (QED) is 0.567. The minimum Gasteiger partial charge on any atom is -0.497 e. The summed E-state index contributed by atoms with van der Waals surface area (Å²) < 4.78 is 12.2. The van der Waals surface area contributed by atoms with Crippen LogP contribution in [0.3, 0.4) is 0 Å². The highest BCUT2D eigenvalue weighted by molar-refractivity contribution is 7.13. The Morgan fingerprint density at radius 1 is 1.25 bits per heavy atom. The molecular formula is C17H15NO5S. The summed E-state index contributed by atoms with van der Waals surface area (Å²) in [5.41, 5.74) is 0.0455. The van der Waals surface area contributed by atoms with E-state index in [0.29, 0.717) is 11.1 Å². The van der Waals surface area contributed by atoms with Gasteiger partial charge in [-0.15, -0.1) is 0 Å². The van der Waals surface area contributed by atoms with Crippen molar-refractivity contribution in [3.8, 4) is 5.75 Å². The second-order valence-corrected chi connectivity index (χ2v) is 6.11. The molecule has 1 atom stereocenters. The lowest BCUT2D eigenvalue weighted by atomic mass is 10.2. The first-order valence-electron chi connectivity index (χ1n) is 7.20. The van der Waals surface area contributed by atoms with Crippen LogP contribution in [0.15, 0.2) is 53.3 Å². The van der Waals surface area contributed by atoms with E-state index in [1.807, 2.05) is 12.1 Å². The Morgan fingerprint density at radius 3 is 2.79 bits per heavy atom. The number of benzene rings is 2. The maximum Gasteiger partial charge on any atom is 0.340 e. The lowest BCUT2D eigenvalue weighted by Gasteiger charge is -2.12. The lowest BCUT2D eigenvalue weighted by molar-refractivity contribution is -0.0718. The predicted octanol–water partition coefficient (Wildman–Crippen LogP) is 2.25. The number of aliphatic hydroxyl groups excluding tert-OH is 1. The average molecular weight is 345 g/mol. The van der Waals surface area contributed by atoms with Gasteiger partial charge in [0.25, 0.3) is 5.56 Å². The van der Waals surface area contributed by atoms with E-state index in [-0.39, 0.29) is 17.7 Å². The molecule has 24 heavy (non-hydrogen) atoms. The van der Waals surface area contributed by atoms with Crippen molar-refractivity contribution in [2.24, 2.45) is 0 Å². The Kier molecular flexibility index (Phi) is 4.64. The number of hydrogen-bond acceptors (Lipinski definition) is 6. The largest absolute Gasteiger partial charge is 0.497 e. The SMILES string of the molecule is COc1cccc(C(=O)OC(O)Cn2sc3ccccc3c2=O)c1. The third kappa shape index (κ3) is 3.32. The van der Waals surface area contributed by atoms with E-state index in [1.54, 1.807) is 30.3 Å². The number of carbonyl (C=O) groups is 1. The fourth-order valence-corrected chi connectivity index (χ4v) is 3.27. The molecular weight excluding hydrogens is 330 g/mol. The summed E-state index contributed by atoms with van der Waals surface area (Å²) in [7, 11) is 1.49. The summed E-state index contributed by atoms with van der Waals surface area (Å²) in [6.45, 7) is -0.117. The minimum absolute atomic E-state index is 0.117. The molecule has 0 fully saturated rings. The van der Waals surface area contributed by atoms with Crippen molar-refractivity contribution in [2.75, 3.05) is 7.11 Å². The van der Waals surface area contributed by atoms with Crippen molar-refractivity contribution in [1.29, 1.82) is 0 Å². The van der Waals surface area contributed by atoms with Crippen molar-refractivity contribution in [1.82, 2.24) is 3.96 Å². The maximum atomic E-state index is 12.2. The molecule has 1 unspecified atom stereocenters. The van der Waals surface area contributed by atoms with E-state index in [2.05, 4.69) is 0 Å². The fourth-order valence-electron chi connectivity index (χ4n) is 2.26. The fraction of sp³-hybridized carbons (Fsp3) is 0.176. The second kappa shape index (κ2) is 6.86. The highest BCUT2D eigenvalue weighted by atomic mass is 32.1. The van der Waals surface area contributed by atoms with Crippen LogP contribution in [0.4, 0.5) is 0 Å². The highest BCUT2D eigenvalue weighted by Gasteiger charge is 2.17. The standard InChI is InChI=1S/C17H15NO5S/c1-22-12-6-4-5-11(9-12)17(21)23-15(19)10-18-16(20)13-7-2-3-8-14(13)24-18/h2-9,15,19H,10H2,1H3. The molecule has 0 aliphatic rings. The van der Waals surface area contributed by atoms with E-state index in [9.17, 15) is 14.7 Å².